The van der Waals surface area contributed by atoms with Gasteiger partial charge in [-0.3, -0.25) is 0 Å². The molecule has 6 heteroatoms. The summed E-state index contributed by atoms with van der Waals surface area (Å²) in [4.78, 5) is 8.42. The third kappa shape index (κ3) is 5.16. The van der Waals surface area contributed by atoms with E-state index in [2.05, 4.69) is 20.6 Å². The molecule has 0 saturated heterocycles. The molecule has 3 aromatic rings. The van der Waals surface area contributed by atoms with Crippen LogP contribution in [0.1, 0.15) is 11.1 Å². The maximum absolute atomic E-state index is 12.9. The average molecular weight is 357 g/mol. The summed E-state index contributed by atoms with van der Waals surface area (Å²) < 4.78 is 12.9. The molecule has 2 N–H and O–H groups in total. The Balaban J connectivity index is 1.52. The Hall–Kier alpha value is -2.66. The first-order valence-electron chi connectivity index (χ1n) is 7.98. The van der Waals surface area contributed by atoms with Gasteiger partial charge in [-0.05, 0) is 35.7 Å². The number of nitrogens with one attached hydrogen (secondary N) is 2. The highest BCUT2D eigenvalue weighted by atomic mass is 35.5. The highest BCUT2D eigenvalue weighted by molar-refractivity contribution is 6.31. The largest absolute Gasteiger partial charge is 0.370 e. The number of hydrogen-bond acceptors (Lipinski definition) is 4. The summed E-state index contributed by atoms with van der Waals surface area (Å²) in [6.07, 6.45) is 2.29. The second-order valence-corrected chi connectivity index (χ2v) is 5.94. The maximum atomic E-state index is 12.9. The Morgan fingerprint density at radius 2 is 1.64 bits per heavy atom. The van der Waals surface area contributed by atoms with Crippen molar-refractivity contribution in [3.63, 3.8) is 0 Å². The van der Waals surface area contributed by atoms with E-state index in [1.165, 1.54) is 18.5 Å². The fraction of sp³-hybridized carbons (Fsp3) is 0.158. The SMILES string of the molecule is Fc1ccc(CCNc2cc(NCc3ccccc3Cl)ncn2)cc1. The topological polar surface area (TPSA) is 49.8 Å². The first kappa shape index (κ1) is 17.2. The van der Waals surface area contributed by atoms with Crippen LogP contribution < -0.4 is 10.6 Å². The lowest BCUT2D eigenvalue weighted by Gasteiger charge is -2.09. The van der Waals surface area contributed by atoms with Crippen LogP contribution in [0.5, 0.6) is 0 Å². The molecule has 0 aliphatic rings. The lowest BCUT2D eigenvalue weighted by Crippen LogP contribution is -2.08. The Morgan fingerprint density at radius 3 is 2.40 bits per heavy atom. The van der Waals surface area contributed by atoms with E-state index in [1.54, 1.807) is 12.1 Å². The van der Waals surface area contributed by atoms with Crippen LogP contribution in [0.4, 0.5) is 16.0 Å². The molecule has 2 aromatic carbocycles. The molecule has 0 aliphatic carbocycles. The number of anilines is 2. The molecular weight excluding hydrogens is 339 g/mol. The molecule has 0 amide bonds. The number of nitrogens with zero attached hydrogens (tertiary/aromatic N) is 2. The van der Waals surface area contributed by atoms with Crippen molar-refractivity contribution in [2.45, 2.75) is 13.0 Å². The van der Waals surface area contributed by atoms with E-state index in [1.807, 2.05) is 30.3 Å². The molecule has 0 bridgehead atoms. The number of aromatic nitrogens is 2. The van der Waals surface area contributed by atoms with Crippen molar-refractivity contribution in [2.24, 2.45) is 0 Å². The van der Waals surface area contributed by atoms with Gasteiger partial charge in [0.25, 0.3) is 0 Å². The minimum absolute atomic E-state index is 0.221. The van der Waals surface area contributed by atoms with Crippen molar-refractivity contribution in [1.82, 2.24) is 9.97 Å². The highest BCUT2D eigenvalue weighted by Crippen LogP contribution is 2.17. The lowest BCUT2D eigenvalue weighted by atomic mass is 10.1. The molecule has 3 rings (SSSR count). The maximum Gasteiger partial charge on any atom is 0.131 e. The zero-order valence-electron chi connectivity index (χ0n) is 13.5. The Bertz CT molecular complexity index is 824. The van der Waals surface area contributed by atoms with Crippen molar-refractivity contribution < 1.29 is 4.39 Å². The zero-order valence-corrected chi connectivity index (χ0v) is 14.3. The molecule has 0 radical (unpaired) electrons. The van der Waals surface area contributed by atoms with E-state index < -0.39 is 0 Å². The van der Waals surface area contributed by atoms with E-state index in [4.69, 9.17) is 11.6 Å². The van der Waals surface area contributed by atoms with Gasteiger partial charge >= 0.3 is 0 Å². The van der Waals surface area contributed by atoms with E-state index in [-0.39, 0.29) is 5.82 Å². The van der Waals surface area contributed by atoms with Gasteiger partial charge in [-0.2, -0.15) is 0 Å². The van der Waals surface area contributed by atoms with Gasteiger partial charge < -0.3 is 10.6 Å². The van der Waals surface area contributed by atoms with E-state index in [0.29, 0.717) is 13.1 Å². The predicted octanol–water partition coefficient (Wildman–Crippen LogP) is 4.54. The standard InChI is InChI=1S/C19H18ClFN4/c20-17-4-2-1-3-15(17)12-23-19-11-18(24-13-25-19)22-10-9-14-5-7-16(21)8-6-14/h1-8,11,13H,9-10,12H2,(H2,22,23,24,25). The minimum atomic E-state index is -0.221. The van der Waals surface area contributed by atoms with Crippen LogP contribution in [0.15, 0.2) is 60.9 Å². The number of hydrogen-bond donors (Lipinski definition) is 2. The second kappa shape index (κ2) is 8.44. The molecule has 4 nitrogen and oxygen atoms in total. The normalized spacial score (nSPS) is 10.5. The van der Waals surface area contributed by atoms with E-state index >= 15 is 0 Å². The molecule has 0 atom stereocenters. The average Bonchev–Trinajstić information content (AvgIpc) is 2.63. The van der Waals surface area contributed by atoms with Gasteiger partial charge in [-0.1, -0.05) is 41.9 Å². The van der Waals surface area contributed by atoms with Gasteiger partial charge in [0.1, 0.15) is 23.8 Å². The number of benzene rings is 2. The third-order valence-electron chi connectivity index (χ3n) is 3.72. The third-order valence-corrected chi connectivity index (χ3v) is 4.09. The Kier molecular flexibility index (Phi) is 5.80. The predicted molar refractivity (Wildman–Crippen MR) is 99.4 cm³/mol. The molecule has 1 heterocycles. The van der Waals surface area contributed by atoms with Crippen molar-refractivity contribution in [3.05, 3.63) is 82.9 Å². The quantitative estimate of drug-likeness (QED) is 0.652. The smallest absolute Gasteiger partial charge is 0.131 e. The molecule has 0 unspecified atom stereocenters. The molecular formula is C19H18ClFN4. The van der Waals surface area contributed by atoms with Crippen molar-refractivity contribution >= 4 is 23.2 Å². The summed E-state index contributed by atoms with van der Waals surface area (Å²) in [6.45, 7) is 1.29. The highest BCUT2D eigenvalue weighted by Gasteiger charge is 2.02. The van der Waals surface area contributed by atoms with Gasteiger partial charge in [0.2, 0.25) is 0 Å². The van der Waals surface area contributed by atoms with Gasteiger partial charge in [0, 0.05) is 24.2 Å². The summed E-state index contributed by atoms with van der Waals surface area (Å²) in [5.41, 5.74) is 2.08. The summed E-state index contributed by atoms with van der Waals surface area (Å²) >= 11 is 6.15. The molecule has 0 fully saturated rings. The minimum Gasteiger partial charge on any atom is -0.370 e. The van der Waals surface area contributed by atoms with Gasteiger partial charge in [0.05, 0.1) is 0 Å². The van der Waals surface area contributed by atoms with Crippen LogP contribution in [-0.2, 0) is 13.0 Å². The van der Waals surface area contributed by atoms with Crippen molar-refractivity contribution in [3.8, 4) is 0 Å². The van der Waals surface area contributed by atoms with Crippen LogP contribution >= 0.6 is 11.6 Å². The Labute approximate surface area is 151 Å². The van der Waals surface area contributed by atoms with Gasteiger partial charge in [-0.25, -0.2) is 14.4 Å². The van der Waals surface area contributed by atoms with Gasteiger partial charge in [0.15, 0.2) is 0 Å². The fourth-order valence-corrected chi connectivity index (χ4v) is 2.57. The molecule has 1 aromatic heterocycles. The van der Waals surface area contributed by atoms with Crippen LogP contribution in [0.25, 0.3) is 0 Å². The molecule has 25 heavy (non-hydrogen) atoms. The first-order valence-corrected chi connectivity index (χ1v) is 8.36. The fourth-order valence-electron chi connectivity index (χ4n) is 2.36. The first-order chi connectivity index (χ1) is 12.2. The van der Waals surface area contributed by atoms with Crippen LogP contribution in [0.3, 0.4) is 0 Å². The molecule has 0 spiro atoms. The van der Waals surface area contributed by atoms with Crippen molar-refractivity contribution in [1.29, 1.82) is 0 Å². The summed E-state index contributed by atoms with van der Waals surface area (Å²) in [5.74, 6) is 1.24. The summed E-state index contributed by atoms with van der Waals surface area (Å²) in [5, 5.41) is 7.21. The lowest BCUT2D eigenvalue weighted by molar-refractivity contribution is 0.627. The number of rotatable bonds is 7. The molecule has 128 valence electrons. The summed E-state index contributed by atoms with van der Waals surface area (Å²) in [6, 6.07) is 16.0. The van der Waals surface area contributed by atoms with Crippen LogP contribution in [0.2, 0.25) is 5.02 Å². The van der Waals surface area contributed by atoms with Crippen LogP contribution in [-0.4, -0.2) is 16.5 Å². The monoisotopic (exact) mass is 356 g/mol. The van der Waals surface area contributed by atoms with E-state index in [9.17, 15) is 4.39 Å². The van der Waals surface area contributed by atoms with Crippen LogP contribution in [0, 0.1) is 5.82 Å². The van der Waals surface area contributed by atoms with E-state index in [0.717, 1.165) is 34.2 Å². The Morgan fingerprint density at radius 1 is 0.920 bits per heavy atom. The van der Waals surface area contributed by atoms with Gasteiger partial charge in [-0.15, -0.1) is 0 Å². The summed E-state index contributed by atoms with van der Waals surface area (Å²) in [7, 11) is 0. The number of halogens is 2. The van der Waals surface area contributed by atoms with Crippen molar-refractivity contribution in [2.75, 3.05) is 17.2 Å². The zero-order chi connectivity index (χ0) is 17.5. The molecule has 0 aliphatic heterocycles. The second-order valence-electron chi connectivity index (χ2n) is 5.54. The molecule has 0 saturated carbocycles.